The molecule has 0 aliphatic heterocycles. The van der Waals surface area contributed by atoms with Crippen molar-refractivity contribution >= 4 is 0 Å². The molecule has 20 heavy (non-hydrogen) atoms. The van der Waals surface area contributed by atoms with Gasteiger partial charge < -0.3 is 19.5 Å². The Kier molecular flexibility index (Phi) is 7.41. The Morgan fingerprint density at radius 3 is 2.35 bits per heavy atom. The zero-order valence-electron chi connectivity index (χ0n) is 13.2. The molecule has 2 unspecified atom stereocenters. The Bertz CT molecular complexity index is 391. The van der Waals surface area contributed by atoms with Crippen molar-refractivity contribution in [2.45, 2.75) is 38.8 Å². The third kappa shape index (κ3) is 4.12. The van der Waals surface area contributed by atoms with E-state index in [4.69, 9.17) is 14.2 Å². The first-order chi connectivity index (χ1) is 9.71. The van der Waals surface area contributed by atoms with Gasteiger partial charge in [0.15, 0.2) is 0 Å². The van der Waals surface area contributed by atoms with Crippen LogP contribution in [-0.4, -0.2) is 34.0 Å². The molecule has 1 aromatic rings. The number of hydrogen-bond donors (Lipinski definition) is 1. The SMILES string of the molecule is CCCNC(c1ccc(OC)cc1OC)C(CC)OC. The topological polar surface area (TPSA) is 39.7 Å². The molecule has 0 heterocycles. The van der Waals surface area contributed by atoms with Gasteiger partial charge in [-0.25, -0.2) is 0 Å². The van der Waals surface area contributed by atoms with Crippen LogP contribution < -0.4 is 14.8 Å². The summed E-state index contributed by atoms with van der Waals surface area (Å²) < 4.78 is 16.4. The zero-order valence-corrected chi connectivity index (χ0v) is 13.2. The van der Waals surface area contributed by atoms with Gasteiger partial charge in [-0.05, 0) is 31.5 Å². The standard InChI is InChI=1S/C16H27NO3/c1-6-10-17-16(14(7-2)19-4)13-9-8-12(18-3)11-15(13)20-5/h8-9,11,14,16-17H,6-7,10H2,1-5H3. The van der Waals surface area contributed by atoms with E-state index in [2.05, 4.69) is 19.2 Å². The summed E-state index contributed by atoms with van der Waals surface area (Å²) in [4.78, 5) is 0. The molecule has 0 bridgehead atoms. The van der Waals surface area contributed by atoms with Crippen LogP contribution in [-0.2, 0) is 4.74 Å². The van der Waals surface area contributed by atoms with Crippen molar-refractivity contribution in [2.24, 2.45) is 0 Å². The summed E-state index contributed by atoms with van der Waals surface area (Å²) in [6, 6.07) is 6.04. The van der Waals surface area contributed by atoms with Crippen LogP contribution in [0.3, 0.4) is 0 Å². The Hall–Kier alpha value is -1.26. The van der Waals surface area contributed by atoms with E-state index in [1.165, 1.54) is 0 Å². The predicted molar refractivity (Wildman–Crippen MR) is 81.7 cm³/mol. The van der Waals surface area contributed by atoms with Crippen LogP contribution in [0.1, 0.15) is 38.3 Å². The molecular weight excluding hydrogens is 254 g/mol. The number of nitrogens with one attached hydrogen (secondary N) is 1. The first kappa shape index (κ1) is 16.8. The average molecular weight is 281 g/mol. The molecule has 4 heteroatoms. The van der Waals surface area contributed by atoms with Crippen LogP contribution >= 0.6 is 0 Å². The molecule has 4 nitrogen and oxygen atoms in total. The molecule has 0 aromatic heterocycles. The third-order valence-corrected chi connectivity index (χ3v) is 3.47. The van der Waals surface area contributed by atoms with Crippen LogP contribution in [0.25, 0.3) is 0 Å². The lowest BCUT2D eigenvalue weighted by Crippen LogP contribution is -2.33. The van der Waals surface area contributed by atoms with Crippen LogP contribution in [0.4, 0.5) is 0 Å². The first-order valence-electron chi connectivity index (χ1n) is 7.19. The molecule has 0 aliphatic rings. The maximum absolute atomic E-state index is 5.62. The quantitative estimate of drug-likeness (QED) is 0.754. The Balaban J connectivity index is 3.11. The molecule has 0 radical (unpaired) electrons. The predicted octanol–water partition coefficient (Wildman–Crippen LogP) is 3.17. The highest BCUT2D eigenvalue weighted by Gasteiger charge is 2.24. The van der Waals surface area contributed by atoms with Gasteiger partial charge in [-0.3, -0.25) is 0 Å². The lowest BCUT2D eigenvalue weighted by molar-refractivity contribution is 0.0642. The summed E-state index contributed by atoms with van der Waals surface area (Å²) in [7, 11) is 5.10. The fourth-order valence-corrected chi connectivity index (χ4v) is 2.36. The molecule has 1 N–H and O–H groups in total. The second kappa shape index (κ2) is 8.82. The Morgan fingerprint density at radius 1 is 1.10 bits per heavy atom. The van der Waals surface area contributed by atoms with E-state index in [0.717, 1.165) is 36.4 Å². The van der Waals surface area contributed by atoms with Crippen LogP contribution in [0.2, 0.25) is 0 Å². The van der Waals surface area contributed by atoms with E-state index in [1.54, 1.807) is 21.3 Å². The summed E-state index contributed by atoms with van der Waals surface area (Å²) in [6.07, 6.45) is 2.13. The molecule has 2 atom stereocenters. The maximum atomic E-state index is 5.62. The van der Waals surface area contributed by atoms with Gasteiger partial charge in [-0.1, -0.05) is 13.8 Å². The van der Waals surface area contributed by atoms with E-state index in [9.17, 15) is 0 Å². The molecule has 0 aliphatic carbocycles. The van der Waals surface area contributed by atoms with Crippen LogP contribution in [0.15, 0.2) is 18.2 Å². The van der Waals surface area contributed by atoms with E-state index >= 15 is 0 Å². The minimum Gasteiger partial charge on any atom is -0.497 e. The lowest BCUT2D eigenvalue weighted by Gasteiger charge is -2.28. The smallest absolute Gasteiger partial charge is 0.127 e. The van der Waals surface area contributed by atoms with Gasteiger partial charge in [0, 0.05) is 18.7 Å². The lowest BCUT2D eigenvalue weighted by atomic mass is 9.98. The highest BCUT2D eigenvalue weighted by molar-refractivity contribution is 5.43. The van der Waals surface area contributed by atoms with Gasteiger partial charge >= 0.3 is 0 Å². The number of methoxy groups -OCH3 is 3. The van der Waals surface area contributed by atoms with E-state index in [0.29, 0.717) is 0 Å². The minimum absolute atomic E-state index is 0.115. The number of ether oxygens (including phenoxy) is 3. The van der Waals surface area contributed by atoms with Gasteiger partial charge in [0.25, 0.3) is 0 Å². The minimum atomic E-state index is 0.115. The second-order valence-electron chi connectivity index (χ2n) is 4.72. The molecule has 0 spiro atoms. The summed E-state index contributed by atoms with van der Waals surface area (Å²) in [5.74, 6) is 1.62. The zero-order chi connectivity index (χ0) is 15.0. The van der Waals surface area contributed by atoms with Crippen molar-refractivity contribution < 1.29 is 14.2 Å². The fourth-order valence-electron chi connectivity index (χ4n) is 2.36. The van der Waals surface area contributed by atoms with Gasteiger partial charge in [-0.15, -0.1) is 0 Å². The number of hydrogen-bond acceptors (Lipinski definition) is 4. The molecule has 1 rings (SSSR count). The summed E-state index contributed by atoms with van der Waals surface area (Å²) in [5.41, 5.74) is 1.11. The van der Waals surface area contributed by atoms with Crippen molar-refractivity contribution in [3.63, 3.8) is 0 Å². The van der Waals surface area contributed by atoms with Crippen molar-refractivity contribution in [1.82, 2.24) is 5.32 Å². The number of rotatable bonds is 9. The Morgan fingerprint density at radius 2 is 1.85 bits per heavy atom. The van der Waals surface area contributed by atoms with E-state index in [-0.39, 0.29) is 12.1 Å². The maximum Gasteiger partial charge on any atom is 0.127 e. The third-order valence-electron chi connectivity index (χ3n) is 3.47. The van der Waals surface area contributed by atoms with Gasteiger partial charge in [0.05, 0.1) is 26.4 Å². The monoisotopic (exact) mass is 281 g/mol. The van der Waals surface area contributed by atoms with Crippen LogP contribution in [0.5, 0.6) is 11.5 Å². The molecule has 0 saturated heterocycles. The van der Waals surface area contributed by atoms with Crippen LogP contribution in [0, 0.1) is 0 Å². The van der Waals surface area contributed by atoms with E-state index in [1.807, 2.05) is 18.2 Å². The summed E-state index contributed by atoms with van der Waals surface area (Å²) in [6.45, 7) is 5.23. The number of benzene rings is 1. The van der Waals surface area contributed by atoms with Crippen molar-refractivity contribution in [2.75, 3.05) is 27.9 Å². The van der Waals surface area contributed by atoms with E-state index < -0.39 is 0 Å². The summed E-state index contributed by atoms with van der Waals surface area (Å²) >= 11 is 0. The molecule has 114 valence electrons. The molecule has 0 saturated carbocycles. The largest absolute Gasteiger partial charge is 0.497 e. The molecular formula is C16H27NO3. The molecule has 0 amide bonds. The highest BCUT2D eigenvalue weighted by Crippen LogP contribution is 2.32. The normalized spacial score (nSPS) is 13.8. The van der Waals surface area contributed by atoms with Gasteiger partial charge in [0.1, 0.15) is 11.5 Å². The second-order valence-corrected chi connectivity index (χ2v) is 4.72. The van der Waals surface area contributed by atoms with Gasteiger partial charge in [0.2, 0.25) is 0 Å². The fraction of sp³-hybridized carbons (Fsp3) is 0.625. The highest BCUT2D eigenvalue weighted by atomic mass is 16.5. The average Bonchev–Trinajstić information content (AvgIpc) is 2.51. The van der Waals surface area contributed by atoms with Crippen molar-refractivity contribution in [3.8, 4) is 11.5 Å². The van der Waals surface area contributed by atoms with Crippen molar-refractivity contribution in [1.29, 1.82) is 0 Å². The van der Waals surface area contributed by atoms with Gasteiger partial charge in [-0.2, -0.15) is 0 Å². The summed E-state index contributed by atoms with van der Waals surface area (Å²) in [5, 5.41) is 3.55. The Labute approximate surface area is 122 Å². The first-order valence-corrected chi connectivity index (χ1v) is 7.19. The van der Waals surface area contributed by atoms with Crippen molar-refractivity contribution in [3.05, 3.63) is 23.8 Å². The molecule has 0 fully saturated rings. The molecule has 1 aromatic carbocycles.